The molecule has 92 valence electrons. The van der Waals surface area contributed by atoms with Crippen molar-refractivity contribution in [3.05, 3.63) is 0 Å². The molecule has 0 rings (SSSR count). The van der Waals surface area contributed by atoms with Crippen LogP contribution in [0.15, 0.2) is 0 Å². The van der Waals surface area contributed by atoms with Gasteiger partial charge in [-0.15, -0.1) is 12.3 Å². The molecule has 0 aliphatic heterocycles. The topological polar surface area (TPSA) is 58.6 Å². The number of aliphatic hydroxyl groups is 1. The summed E-state index contributed by atoms with van der Waals surface area (Å²) in [5.74, 6) is 2.53. The first-order valence-corrected chi connectivity index (χ1v) is 5.57. The zero-order valence-electron chi connectivity index (χ0n) is 9.87. The van der Waals surface area contributed by atoms with Crippen molar-refractivity contribution in [2.24, 2.45) is 0 Å². The number of nitrogens with one attached hydrogen (secondary N) is 1. The number of terminal acetylenes is 1. The van der Waals surface area contributed by atoms with Crippen molar-refractivity contribution in [1.29, 1.82) is 0 Å². The molecule has 4 heteroatoms. The number of carbonyl (C=O) groups is 1. The van der Waals surface area contributed by atoms with Gasteiger partial charge in [-0.3, -0.25) is 4.79 Å². The fourth-order valence-corrected chi connectivity index (χ4v) is 1.37. The molecular formula is C12H21NO3. The number of methoxy groups -OCH3 is 1. The van der Waals surface area contributed by atoms with Crippen LogP contribution in [0, 0.1) is 12.3 Å². The molecule has 0 aliphatic rings. The number of aliphatic hydroxyl groups excluding tert-OH is 1. The van der Waals surface area contributed by atoms with E-state index in [0.717, 1.165) is 12.8 Å². The number of ether oxygens (including phenoxy) is 1. The zero-order valence-corrected chi connectivity index (χ0v) is 9.87. The summed E-state index contributed by atoms with van der Waals surface area (Å²) >= 11 is 0. The van der Waals surface area contributed by atoms with Crippen LogP contribution in [0.5, 0.6) is 0 Å². The van der Waals surface area contributed by atoms with Crippen LogP contribution >= 0.6 is 0 Å². The fourth-order valence-electron chi connectivity index (χ4n) is 1.37. The quantitative estimate of drug-likeness (QED) is 0.450. The second-order valence-electron chi connectivity index (χ2n) is 3.64. The normalized spacial score (nSPS) is 11.8. The highest BCUT2D eigenvalue weighted by atomic mass is 16.5. The Morgan fingerprint density at radius 3 is 2.88 bits per heavy atom. The lowest BCUT2D eigenvalue weighted by molar-refractivity contribution is -0.122. The van der Waals surface area contributed by atoms with Crippen LogP contribution in [0.1, 0.15) is 32.1 Å². The Morgan fingerprint density at radius 2 is 2.31 bits per heavy atom. The number of hydrogen-bond donors (Lipinski definition) is 2. The second-order valence-corrected chi connectivity index (χ2v) is 3.64. The lowest BCUT2D eigenvalue weighted by Crippen LogP contribution is -2.38. The minimum Gasteiger partial charge on any atom is -0.396 e. The predicted octanol–water partition coefficient (Wildman–Crippen LogP) is 0.694. The number of hydrogen-bond acceptors (Lipinski definition) is 3. The van der Waals surface area contributed by atoms with Crippen LogP contribution in [0.4, 0.5) is 0 Å². The minimum atomic E-state index is -0.102. The van der Waals surface area contributed by atoms with Gasteiger partial charge in [-0.2, -0.15) is 0 Å². The van der Waals surface area contributed by atoms with Crippen LogP contribution in [-0.4, -0.2) is 37.4 Å². The highest BCUT2D eigenvalue weighted by molar-refractivity contribution is 5.76. The van der Waals surface area contributed by atoms with Gasteiger partial charge in [0, 0.05) is 26.6 Å². The van der Waals surface area contributed by atoms with Crippen LogP contribution in [0.2, 0.25) is 0 Å². The van der Waals surface area contributed by atoms with Crippen molar-refractivity contribution in [2.75, 3.05) is 20.3 Å². The summed E-state index contributed by atoms with van der Waals surface area (Å²) in [5.41, 5.74) is 0. The fraction of sp³-hybridized carbons (Fsp3) is 0.750. The number of amides is 1. The molecule has 1 unspecified atom stereocenters. The van der Waals surface area contributed by atoms with E-state index in [0.29, 0.717) is 25.9 Å². The van der Waals surface area contributed by atoms with E-state index in [9.17, 15) is 4.79 Å². The molecule has 0 heterocycles. The largest absolute Gasteiger partial charge is 0.396 e. The summed E-state index contributed by atoms with van der Waals surface area (Å²) in [6, 6.07) is -0.102. The molecule has 2 N–H and O–H groups in total. The third-order valence-electron chi connectivity index (χ3n) is 2.19. The molecule has 0 radical (unpaired) electrons. The molecule has 0 aliphatic carbocycles. The summed E-state index contributed by atoms with van der Waals surface area (Å²) in [7, 11) is 1.57. The molecular weight excluding hydrogens is 206 g/mol. The van der Waals surface area contributed by atoms with Gasteiger partial charge in [-0.25, -0.2) is 0 Å². The van der Waals surface area contributed by atoms with E-state index in [-0.39, 0.29) is 18.6 Å². The van der Waals surface area contributed by atoms with Crippen LogP contribution in [-0.2, 0) is 9.53 Å². The number of rotatable bonds is 9. The first kappa shape index (κ1) is 14.9. The number of unbranched alkanes of at least 4 members (excludes halogenated alkanes) is 2. The van der Waals surface area contributed by atoms with Gasteiger partial charge in [-0.1, -0.05) is 0 Å². The minimum absolute atomic E-state index is 0.00692. The average Bonchev–Trinajstić information content (AvgIpc) is 2.25. The van der Waals surface area contributed by atoms with Gasteiger partial charge in [0.1, 0.15) is 0 Å². The molecule has 0 aromatic carbocycles. The van der Waals surface area contributed by atoms with Crippen molar-refractivity contribution < 1.29 is 14.6 Å². The Bertz CT molecular complexity index is 217. The van der Waals surface area contributed by atoms with E-state index in [2.05, 4.69) is 11.2 Å². The molecule has 4 nitrogen and oxygen atoms in total. The summed E-state index contributed by atoms with van der Waals surface area (Å²) in [6.45, 7) is 0.474. The maximum absolute atomic E-state index is 11.5. The monoisotopic (exact) mass is 227 g/mol. The Labute approximate surface area is 97.4 Å². The van der Waals surface area contributed by atoms with Crippen LogP contribution < -0.4 is 5.32 Å². The van der Waals surface area contributed by atoms with E-state index in [4.69, 9.17) is 16.3 Å². The highest BCUT2D eigenvalue weighted by Gasteiger charge is 2.10. The van der Waals surface area contributed by atoms with Crippen molar-refractivity contribution in [3.63, 3.8) is 0 Å². The number of carbonyl (C=O) groups excluding carboxylic acids is 1. The van der Waals surface area contributed by atoms with Crippen molar-refractivity contribution >= 4 is 5.91 Å². The highest BCUT2D eigenvalue weighted by Crippen LogP contribution is 2.00. The molecule has 0 spiro atoms. The molecule has 16 heavy (non-hydrogen) atoms. The third kappa shape index (κ3) is 8.27. The van der Waals surface area contributed by atoms with Crippen LogP contribution in [0.3, 0.4) is 0 Å². The molecule has 0 bridgehead atoms. The SMILES string of the molecule is C#CCCCCC(=O)NC(CCO)COC. The van der Waals surface area contributed by atoms with Gasteiger partial charge < -0.3 is 15.2 Å². The first-order chi connectivity index (χ1) is 7.74. The Morgan fingerprint density at radius 1 is 1.56 bits per heavy atom. The van der Waals surface area contributed by atoms with E-state index in [1.807, 2.05) is 0 Å². The van der Waals surface area contributed by atoms with Crippen LogP contribution in [0.25, 0.3) is 0 Å². The van der Waals surface area contributed by atoms with E-state index >= 15 is 0 Å². The Hall–Kier alpha value is -1.05. The summed E-state index contributed by atoms with van der Waals surface area (Å²) in [4.78, 5) is 11.5. The average molecular weight is 227 g/mol. The van der Waals surface area contributed by atoms with E-state index in [1.165, 1.54) is 0 Å². The summed E-state index contributed by atoms with van der Waals surface area (Å²) in [6.07, 6.45) is 8.50. The van der Waals surface area contributed by atoms with Crippen molar-refractivity contribution in [2.45, 2.75) is 38.1 Å². The first-order valence-electron chi connectivity index (χ1n) is 5.57. The summed E-state index contributed by atoms with van der Waals surface area (Å²) < 4.78 is 4.95. The molecule has 1 amide bonds. The zero-order chi connectivity index (χ0) is 12.2. The molecule has 0 fully saturated rings. The Kier molecular flexibility index (Phi) is 9.78. The third-order valence-corrected chi connectivity index (χ3v) is 2.19. The molecule has 0 saturated carbocycles. The van der Waals surface area contributed by atoms with Gasteiger partial charge in [0.25, 0.3) is 0 Å². The lowest BCUT2D eigenvalue weighted by Gasteiger charge is -2.16. The molecule has 0 aromatic heterocycles. The molecule has 0 aromatic rings. The van der Waals surface area contributed by atoms with E-state index < -0.39 is 0 Å². The van der Waals surface area contributed by atoms with E-state index in [1.54, 1.807) is 7.11 Å². The lowest BCUT2D eigenvalue weighted by atomic mass is 10.1. The molecule has 0 saturated heterocycles. The second kappa shape index (κ2) is 10.5. The standard InChI is InChI=1S/C12H21NO3/c1-3-4-5-6-7-12(15)13-11(8-9-14)10-16-2/h1,11,14H,4-10H2,2H3,(H,13,15). The summed E-state index contributed by atoms with van der Waals surface area (Å²) in [5, 5.41) is 11.6. The predicted molar refractivity (Wildman–Crippen MR) is 62.8 cm³/mol. The van der Waals surface area contributed by atoms with Gasteiger partial charge in [-0.05, 0) is 19.3 Å². The maximum Gasteiger partial charge on any atom is 0.220 e. The van der Waals surface area contributed by atoms with Crippen molar-refractivity contribution in [3.8, 4) is 12.3 Å². The van der Waals surface area contributed by atoms with Gasteiger partial charge in [0.15, 0.2) is 0 Å². The Balaban J connectivity index is 3.68. The van der Waals surface area contributed by atoms with Gasteiger partial charge in [0.05, 0.1) is 12.6 Å². The maximum atomic E-state index is 11.5. The van der Waals surface area contributed by atoms with Gasteiger partial charge in [0.2, 0.25) is 5.91 Å². The molecule has 1 atom stereocenters. The smallest absolute Gasteiger partial charge is 0.220 e. The van der Waals surface area contributed by atoms with Crippen molar-refractivity contribution in [1.82, 2.24) is 5.32 Å². The van der Waals surface area contributed by atoms with Gasteiger partial charge >= 0.3 is 0 Å².